The lowest BCUT2D eigenvalue weighted by atomic mass is 10.1. The number of nitrogens with zero attached hydrogens (tertiary/aromatic N) is 6. The number of nitrogens with one attached hydrogen (secondary N) is 4. The van der Waals surface area contributed by atoms with Crippen LogP contribution in [0.3, 0.4) is 0 Å². The SMILES string of the molecule is COc1cccc(-n2ncc(C(=O)Nc3ccc([C@H]4CNCCO4)cc3)n2)c1.O=C(Nc1ccc([C@H]2CNCCO2)cc1)c1cnn(-c2cccc(OC(F)(F)F)c2)n1. The fourth-order valence-electron chi connectivity index (χ4n) is 6.03. The van der Waals surface area contributed by atoms with Crippen molar-refractivity contribution in [3.8, 4) is 22.9 Å². The summed E-state index contributed by atoms with van der Waals surface area (Å²) >= 11 is 0. The number of morpholine rings is 2. The van der Waals surface area contributed by atoms with Crippen molar-refractivity contribution in [1.29, 1.82) is 0 Å². The molecule has 4 N–H and O–H groups in total. The van der Waals surface area contributed by atoms with Crippen LogP contribution < -0.4 is 30.7 Å². The summed E-state index contributed by atoms with van der Waals surface area (Å²) in [7, 11) is 1.59. The first-order chi connectivity index (χ1) is 28.6. The van der Waals surface area contributed by atoms with Gasteiger partial charge >= 0.3 is 6.36 Å². The average molecular weight is 813 g/mol. The number of carbonyl (C=O) groups excluding carboxylic acids is 2. The Hall–Kier alpha value is -6.67. The fourth-order valence-corrected chi connectivity index (χ4v) is 6.03. The molecule has 0 spiro atoms. The number of rotatable bonds is 10. The summed E-state index contributed by atoms with van der Waals surface area (Å²) in [6.45, 7) is 4.56. The maximum Gasteiger partial charge on any atom is 0.573 e. The molecule has 4 heterocycles. The first-order valence-corrected chi connectivity index (χ1v) is 18.4. The van der Waals surface area contributed by atoms with E-state index < -0.39 is 18.0 Å². The predicted octanol–water partition coefficient (Wildman–Crippen LogP) is 5.27. The normalized spacial score (nSPS) is 16.6. The molecule has 6 aromatic rings. The van der Waals surface area contributed by atoms with Gasteiger partial charge in [0, 0.05) is 49.7 Å². The van der Waals surface area contributed by atoms with Crippen molar-refractivity contribution in [2.45, 2.75) is 18.6 Å². The second-order valence-electron chi connectivity index (χ2n) is 13.1. The molecule has 2 aromatic heterocycles. The standard InChI is InChI=1S/C20H18F3N5O3.C20H21N5O3/c21-20(22,23)31-16-3-1-2-15(10-16)28-25-11-17(27-28)19(29)26-14-6-4-13(5-7-14)18-12-24-8-9-30-18;1-27-17-4-2-3-16(11-17)25-22-12-18(24-25)20(26)23-15-7-5-14(6-8-15)19-13-21-9-10-28-19/h1-7,10-11,18,24H,8-9,12H2,(H,26,29);2-8,11-12,19,21H,9-10,13H2,1H3,(H,23,26)/t18-;19-/m11/s1. The van der Waals surface area contributed by atoms with Gasteiger partial charge in [0.15, 0.2) is 11.4 Å². The van der Waals surface area contributed by atoms with Crippen LogP contribution in [0.15, 0.2) is 109 Å². The molecule has 2 fully saturated rings. The molecule has 8 rings (SSSR count). The maximum absolute atomic E-state index is 12.5. The molecule has 306 valence electrons. The van der Waals surface area contributed by atoms with E-state index in [0.717, 1.165) is 54.2 Å². The van der Waals surface area contributed by atoms with Crippen LogP contribution in [-0.2, 0) is 9.47 Å². The van der Waals surface area contributed by atoms with Crippen LogP contribution in [0.5, 0.6) is 11.5 Å². The third-order valence-electron chi connectivity index (χ3n) is 8.95. The second kappa shape index (κ2) is 18.7. The van der Waals surface area contributed by atoms with Crippen LogP contribution in [0, 0.1) is 0 Å². The Morgan fingerprint density at radius 2 is 1.15 bits per heavy atom. The molecule has 4 aromatic carbocycles. The smallest absolute Gasteiger partial charge is 0.497 e. The average Bonchev–Trinajstić information content (AvgIpc) is 3.97. The lowest BCUT2D eigenvalue weighted by Crippen LogP contribution is -2.33. The number of aromatic nitrogens is 6. The lowest BCUT2D eigenvalue weighted by molar-refractivity contribution is -0.274. The van der Waals surface area contributed by atoms with E-state index >= 15 is 0 Å². The number of hydrogen-bond donors (Lipinski definition) is 4. The van der Waals surface area contributed by atoms with Gasteiger partial charge < -0.3 is 40.2 Å². The molecule has 2 aliphatic rings. The molecule has 19 heteroatoms. The number of carbonyl (C=O) groups is 2. The highest BCUT2D eigenvalue weighted by Crippen LogP contribution is 2.25. The van der Waals surface area contributed by atoms with Crippen LogP contribution in [0.2, 0.25) is 0 Å². The molecular formula is C40H39F3N10O6. The lowest BCUT2D eigenvalue weighted by Gasteiger charge is -2.24. The maximum atomic E-state index is 12.5. The molecule has 0 saturated carbocycles. The summed E-state index contributed by atoms with van der Waals surface area (Å²) in [6.07, 6.45) is -2.14. The zero-order valence-electron chi connectivity index (χ0n) is 31.6. The molecule has 59 heavy (non-hydrogen) atoms. The number of ether oxygens (including phenoxy) is 4. The van der Waals surface area contributed by atoms with Crippen LogP contribution in [0.25, 0.3) is 11.4 Å². The number of alkyl halides is 3. The molecule has 2 saturated heterocycles. The zero-order valence-corrected chi connectivity index (χ0v) is 31.6. The highest BCUT2D eigenvalue weighted by Gasteiger charge is 2.31. The van der Waals surface area contributed by atoms with Crippen LogP contribution in [0.1, 0.15) is 44.3 Å². The molecule has 0 radical (unpaired) electrons. The van der Waals surface area contributed by atoms with E-state index in [2.05, 4.69) is 46.4 Å². The van der Waals surface area contributed by atoms with Gasteiger partial charge in [-0.2, -0.15) is 19.8 Å². The summed E-state index contributed by atoms with van der Waals surface area (Å²) in [5, 5.41) is 28.5. The van der Waals surface area contributed by atoms with Crippen LogP contribution in [-0.4, -0.2) is 94.7 Å². The summed E-state index contributed by atoms with van der Waals surface area (Å²) in [4.78, 5) is 27.4. The number of hydrogen-bond acceptors (Lipinski definition) is 12. The number of anilines is 2. The van der Waals surface area contributed by atoms with E-state index in [0.29, 0.717) is 36.0 Å². The van der Waals surface area contributed by atoms with E-state index in [4.69, 9.17) is 14.2 Å². The molecule has 0 unspecified atom stereocenters. The number of methoxy groups -OCH3 is 1. The van der Waals surface area contributed by atoms with E-state index in [-0.39, 0.29) is 35.2 Å². The topological polar surface area (TPSA) is 181 Å². The number of halogens is 3. The quantitative estimate of drug-likeness (QED) is 0.141. The van der Waals surface area contributed by atoms with Gasteiger partial charge in [-0.05, 0) is 59.7 Å². The Balaban J connectivity index is 0.000000180. The zero-order chi connectivity index (χ0) is 41.2. The third-order valence-corrected chi connectivity index (χ3v) is 8.95. The Morgan fingerprint density at radius 1 is 0.695 bits per heavy atom. The molecule has 0 aliphatic carbocycles. The van der Waals surface area contributed by atoms with Crippen molar-refractivity contribution >= 4 is 23.2 Å². The minimum absolute atomic E-state index is 0.00559. The first-order valence-electron chi connectivity index (χ1n) is 18.4. The minimum Gasteiger partial charge on any atom is -0.497 e. The van der Waals surface area contributed by atoms with Crippen molar-refractivity contribution < 1.29 is 41.7 Å². The van der Waals surface area contributed by atoms with Crippen molar-refractivity contribution in [2.24, 2.45) is 0 Å². The Labute approximate surface area is 335 Å². The van der Waals surface area contributed by atoms with Gasteiger partial charge in [-0.25, -0.2) is 0 Å². The van der Waals surface area contributed by atoms with Crippen molar-refractivity contribution in [3.05, 3.63) is 132 Å². The Kier molecular flexibility index (Phi) is 12.9. The number of benzene rings is 4. The van der Waals surface area contributed by atoms with Crippen molar-refractivity contribution in [3.63, 3.8) is 0 Å². The summed E-state index contributed by atoms with van der Waals surface area (Å²) in [6, 6.07) is 27.3. The van der Waals surface area contributed by atoms with Gasteiger partial charge in [-0.1, -0.05) is 36.4 Å². The van der Waals surface area contributed by atoms with Crippen LogP contribution >= 0.6 is 0 Å². The highest BCUT2D eigenvalue weighted by atomic mass is 19.4. The van der Waals surface area contributed by atoms with Crippen LogP contribution in [0.4, 0.5) is 24.5 Å². The van der Waals surface area contributed by atoms with E-state index in [1.807, 2.05) is 54.6 Å². The minimum atomic E-state index is -4.81. The number of amides is 2. The van der Waals surface area contributed by atoms with E-state index in [1.54, 1.807) is 25.3 Å². The molecule has 2 atom stereocenters. The van der Waals surface area contributed by atoms with Crippen molar-refractivity contribution in [1.82, 2.24) is 40.6 Å². The summed E-state index contributed by atoms with van der Waals surface area (Å²) in [5.74, 6) is -0.543. The third kappa shape index (κ3) is 11.0. The monoisotopic (exact) mass is 812 g/mol. The molecule has 2 amide bonds. The molecule has 2 aliphatic heterocycles. The van der Waals surface area contributed by atoms with Gasteiger partial charge in [0.25, 0.3) is 11.8 Å². The first kappa shape index (κ1) is 40.5. The van der Waals surface area contributed by atoms with Gasteiger partial charge in [0.05, 0.1) is 56.3 Å². The van der Waals surface area contributed by atoms with Crippen molar-refractivity contribution in [2.75, 3.05) is 57.1 Å². The second-order valence-corrected chi connectivity index (χ2v) is 13.1. The molecule has 0 bridgehead atoms. The molecule has 16 nitrogen and oxygen atoms in total. The fraction of sp³-hybridized carbons (Fsp3) is 0.250. The van der Waals surface area contributed by atoms with E-state index in [1.165, 1.54) is 29.3 Å². The Bertz CT molecular complexity index is 2320. The largest absolute Gasteiger partial charge is 0.573 e. The van der Waals surface area contributed by atoms with E-state index in [9.17, 15) is 22.8 Å². The van der Waals surface area contributed by atoms with Gasteiger partial charge in [-0.15, -0.1) is 23.4 Å². The summed E-state index contributed by atoms with van der Waals surface area (Å²) < 4.78 is 57.7. The Morgan fingerprint density at radius 3 is 1.58 bits per heavy atom. The van der Waals surface area contributed by atoms with Gasteiger partial charge in [-0.3, -0.25) is 9.59 Å². The molecular weight excluding hydrogens is 773 g/mol. The van der Waals surface area contributed by atoms with Gasteiger partial charge in [0.1, 0.15) is 11.5 Å². The summed E-state index contributed by atoms with van der Waals surface area (Å²) in [5.41, 5.74) is 4.49. The van der Waals surface area contributed by atoms with Gasteiger partial charge in [0.2, 0.25) is 0 Å². The predicted molar refractivity (Wildman–Crippen MR) is 208 cm³/mol. The highest BCUT2D eigenvalue weighted by molar-refractivity contribution is 6.03.